The number of nitrogens with zero attached hydrogens (tertiary/aromatic N) is 1. The van der Waals surface area contributed by atoms with E-state index in [1.54, 1.807) is 0 Å². The number of hydrogen-bond donors (Lipinski definition) is 2. The lowest BCUT2D eigenvalue weighted by molar-refractivity contribution is 0.00159. The Morgan fingerprint density at radius 2 is 1.73 bits per heavy atom. The van der Waals surface area contributed by atoms with Gasteiger partial charge < -0.3 is 10.2 Å². The molecule has 0 spiro atoms. The van der Waals surface area contributed by atoms with Crippen LogP contribution >= 0.6 is 34.8 Å². The molecule has 164 valence electrons. The molecular formula is C17H15Cl3FNO6S2. The van der Waals surface area contributed by atoms with Gasteiger partial charge in [-0.05, 0) is 36.4 Å². The van der Waals surface area contributed by atoms with Crippen molar-refractivity contribution in [2.45, 2.75) is 20.6 Å². The van der Waals surface area contributed by atoms with Crippen molar-refractivity contribution >= 4 is 54.7 Å². The first-order chi connectivity index (χ1) is 13.8. The van der Waals surface area contributed by atoms with E-state index in [-0.39, 0.29) is 20.0 Å². The number of sulfonamides is 1. The molecule has 1 aliphatic heterocycles. The van der Waals surface area contributed by atoms with E-state index >= 15 is 0 Å². The zero-order valence-electron chi connectivity index (χ0n) is 15.0. The third-order valence-electron chi connectivity index (χ3n) is 4.80. The normalized spacial score (nSPS) is 23.1. The standard InChI is InChI=1S/C17H15Cl3FNO6S2/c18-10-1-4-15(13(20)5-10)30(27,28)22-7-16(17(24,8-22)9-23)29(25,26)11-2-3-12(19)14(21)6-11/h1-6,16,23-24H,7-9H2/t16-,17+/m0/s1. The number of benzene rings is 2. The van der Waals surface area contributed by atoms with Gasteiger partial charge in [0.05, 0.1) is 21.5 Å². The van der Waals surface area contributed by atoms with Crippen LogP contribution in [0.1, 0.15) is 0 Å². The van der Waals surface area contributed by atoms with Crippen LogP contribution in [0.3, 0.4) is 0 Å². The van der Waals surface area contributed by atoms with Gasteiger partial charge in [0.25, 0.3) is 0 Å². The van der Waals surface area contributed by atoms with Crippen LogP contribution in [0, 0.1) is 5.82 Å². The maximum absolute atomic E-state index is 13.8. The number of β-amino-alcohol motifs (C(OH)–C–C–N with tert-alkyl or cyclic N) is 1. The van der Waals surface area contributed by atoms with Gasteiger partial charge in [-0.1, -0.05) is 34.8 Å². The third kappa shape index (κ3) is 4.07. The molecule has 1 fully saturated rings. The molecule has 0 unspecified atom stereocenters. The van der Waals surface area contributed by atoms with Crippen molar-refractivity contribution in [2.75, 3.05) is 19.7 Å². The quantitative estimate of drug-likeness (QED) is 0.628. The molecule has 0 saturated carbocycles. The Kier molecular flexibility index (Phi) is 6.45. The molecule has 0 radical (unpaired) electrons. The second-order valence-electron chi connectivity index (χ2n) is 6.74. The second kappa shape index (κ2) is 8.18. The predicted molar refractivity (Wildman–Crippen MR) is 110 cm³/mol. The minimum Gasteiger partial charge on any atom is -0.393 e. The summed E-state index contributed by atoms with van der Waals surface area (Å²) in [5.41, 5.74) is -2.33. The number of aliphatic hydroxyl groups excluding tert-OH is 1. The van der Waals surface area contributed by atoms with Crippen molar-refractivity contribution in [1.29, 1.82) is 0 Å². The smallest absolute Gasteiger partial charge is 0.244 e. The van der Waals surface area contributed by atoms with E-state index in [9.17, 15) is 31.4 Å². The van der Waals surface area contributed by atoms with E-state index < -0.39 is 61.1 Å². The van der Waals surface area contributed by atoms with Gasteiger partial charge in [0.15, 0.2) is 9.84 Å². The van der Waals surface area contributed by atoms with E-state index in [1.165, 1.54) is 12.1 Å². The monoisotopic (exact) mass is 517 g/mol. The van der Waals surface area contributed by atoms with Crippen molar-refractivity contribution in [1.82, 2.24) is 4.31 Å². The number of sulfone groups is 1. The third-order valence-corrected chi connectivity index (χ3v) is 9.88. The zero-order chi connectivity index (χ0) is 22.5. The van der Waals surface area contributed by atoms with Crippen molar-refractivity contribution in [3.05, 3.63) is 57.3 Å². The summed E-state index contributed by atoms with van der Waals surface area (Å²) in [4.78, 5) is -0.852. The summed E-state index contributed by atoms with van der Waals surface area (Å²) >= 11 is 17.3. The summed E-state index contributed by atoms with van der Waals surface area (Å²) in [6.45, 7) is -2.46. The Balaban J connectivity index is 2.04. The van der Waals surface area contributed by atoms with E-state index in [4.69, 9.17) is 34.8 Å². The fourth-order valence-electron chi connectivity index (χ4n) is 3.19. The molecule has 0 aromatic heterocycles. The van der Waals surface area contributed by atoms with Crippen LogP contribution in [0.2, 0.25) is 15.1 Å². The topological polar surface area (TPSA) is 112 Å². The van der Waals surface area contributed by atoms with Crippen molar-refractivity contribution in [3.63, 3.8) is 0 Å². The zero-order valence-corrected chi connectivity index (χ0v) is 18.9. The molecule has 2 atom stereocenters. The molecule has 0 amide bonds. The predicted octanol–water partition coefficient (Wildman–Crippen LogP) is 2.36. The lowest BCUT2D eigenvalue weighted by atomic mass is 10.1. The Labute approximate surface area is 187 Å². The van der Waals surface area contributed by atoms with Crippen molar-refractivity contribution in [3.8, 4) is 0 Å². The largest absolute Gasteiger partial charge is 0.393 e. The van der Waals surface area contributed by atoms with Crippen LogP contribution < -0.4 is 0 Å². The SMILES string of the molecule is O=S(=O)(c1ccc(Cl)c(F)c1)[C@H]1CN(S(=O)(=O)c2ccc(Cl)cc2Cl)C[C@@]1(O)CO. The lowest BCUT2D eigenvalue weighted by Crippen LogP contribution is -2.49. The van der Waals surface area contributed by atoms with Crippen LogP contribution in [-0.2, 0) is 19.9 Å². The van der Waals surface area contributed by atoms with Crippen molar-refractivity contribution in [2.24, 2.45) is 0 Å². The molecule has 7 nitrogen and oxygen atoms in total. The lowest BCUT2D eigenvalue weighted by Gasteiger charge is -2.26. The highest BCUT2D eigenvalue weighted by atomic mass is 35.5. The fourth-order valence-corrected chi connectivity index (χ4v) is 7.62. The summed E-state index contributed by atoms with van der Waals surface area (Å²) in [6.07, 6.45) is 0. The minimum atomic E-state index is -4.46. The molecule has 3 rings (SSSR count). The molecule has 30 heavy (non-hydrogen) atoms. The van der Waals surface area contributed by atoms with Gasteiger partial charge in [-0.3, -0.25) is 0 Å². The molecule has 1 aliphatic rings. The molecule has 2 N–H and O–H groups in total. The average Bonchev–Trinajstić information content (AvgIpc) is 3.03. The number of hydrogen-bond acceptors (Lipinski definition) is 6. The highest BCUT2D eigenvalue weighted by molar-refractivity contribution is 7.92. The van der Waals surface area contributed by atoms with Crippen LogP contribution in [-0.4, -0.2) is 61.9 Å². The van der Waals surface area contributed by atoms with E-state index in [1.807, 2.05) is 0 Å². The van der Waals surface area contributed by atoms with Crippen LogP contribution in [0.15, 0.2) is 46.2 Å². The van der Waals surface area contributed by atoms with Gasteiger partial charge in [-0.25, -0.2) is 21.2 Å². The summed E-state index contributed by atoms with van der Waals surface area (Å²) in [7, 11) is -8.80. The summed E-state index contributed by atoms with van der Waals surface area (Å²) in [5, 5.41) is 18.4. The van der Waals surface area contributed by atoms with Crippen molar-refractivity contribution < 1.29 is 31.4 Å². The molecule has 2 aromatic rings. The second-order valence-corrected chi connectivity index (χ2v) is 12.0. The Morgan fingerprint density at radius 3 is 2.30 bits per heavy atom. The van der Waals surface area contributed by atoms with E-state index in [0.717, 1.165) is 18.2 Å². The molecule has 1 saturated heterocycles. The maximum atomic E-state index is 13.8. The van der Waals surface area contributed by atoms with E-state index in [0.29, 0.717) is 10.4 Å². The fraction of sp³-hybridized carbons (Fsp3) is 0.294. The minimum absolute atomic E-state index is 0.192. The first kappa shape index (κ1) is 23.7. The number of halogens is 4. The maximum Gasteiger partial charge on any atom is 0.244 e. The van der Waals surface area contributed by atoms with Crippen LogP contribution in [0.5, 0.6) is 0 Å². The first-order valence-corrected chi connectivity index (χ1v) is 12.4. The number of aliphatic hydroxyl groups is 2. The Bertz CT molecular complexity index is 1210. The molecule has 0 bridgehead atoms. The number of rotatable bonds is 5. The summed E-state index contributed by atoms with van der Waals surface area (Å²) < 4.78 is 66.6. The molecular weight excluding hydrogens is 504 g/mol. The highest BCUT2D eigenvalue weighted by Crippen LogP contribution is 2.37. The van der Waals surface area contributed by atoms with Gasteiger partial charge in [0.1, 0.15) is 21.6 Å². The Morgan fingerprint density at radius 1 is 1.07 bits per heavy atom. The first-order valence-electron chi connectivity index (χ1n) is 8.30. The van der Waals surface area contributed by atoms with E-state index in [2.05, 4.69) is 0 Å². The summed E-state index contributed by atoms with van der Waals surface area (Å²) in [6, 6.07) is 6.37. The van der Waals surface area contributed by atoms with Gasteiger partial charge in [-0.2, -0.15) is 4.31 Å². The molecule has 0 aliphatic carbocycles. The molecule has 2 aromatic carbocycles. The summed E-state index contributed by atoms with van der Waals surface area (Å²) in [5.74, 6) is -0.999. The van der Waals surface area contributed by atoms with Gasteiger partial charge in [0.2, 0.25) is 10.0 Å². The van der Waals surface area contributed by atoms with Gasteiger partial charge in [-0.15, -0.1) is 0 Å². The van der Waals surface area contributed by atoms with Gasteiger partial charge >= 0.3 is 0 Å². The average molecular weight is 519 g/mol. The molecule has 1 heterocycles. The van der Waals surface area contributed by atoms with Crippen LogP contribution in [0.4, 0.5) is 4.39 Å². The Hall–Kier alpha value is -0.980. The van der Waals surface area contributed by atoms with Crippen LogP contribution in [0.25, 0.3) is 0 Å². The highest BCUT2D eigenvalue weighted by Gasteiger charge is 2.55. The molecule has 13 heteroatoms. The van der Waals surface area contributed by atoms with Gasteiger partial charge in [0, 0.05) is 18.1 Å².